The fraction of sp³-hybridized carbons (Fsp3) is 0.143. The first-order valence-electron chi connectivity index (χ1n) is 8.42. The monoisotopic (exact) mass is 396 g/mol. The quantitative estimate of drug-likeness (QED) is 0.463. The van der Waals surface area contributed by atoms with Crippen molar-refractivity contribution in [2.45, 2.75) is 13.8 Å². The van der Waals surface area contributed by atoms with Gasteiger partial charge in [-0.3, -0.25) is 4.79 Å². The van der Waals surface area contributed by atoms with Crippen LogP contribution in [0.25, 0.3) is 21.1 Å². The van der Waals surface area contributed by atoms with Crippen molar-refractivity contribution in [1.82, 2.24) is 4.98 Å². The van der Waals surface area contributed by atoms with Crippen molar-refractivity contribution in [2.24, 2.45) is 0 Å². The van der Waals surface area contributed by atoms with Crippen molar-refractivity contribution in [3.63, 3.8) is 0 Å². The molecule has 4 nitrogen and oxygen atoms in total. The zero-order chi connectivity index (χ0) is 19.1. The average Bonchev–Trinajstić information content (AvgIpc) is 3.08. The molecule has 27 heavy (non-hydrogen) atoms. The summed E-state index contributed by atoms with van der Waals surface area (Å²) in [6.45, 7) is 4.03. The number of aromatic nitrogens is 1. The van der Waals surface area contributed by atoms with E-state index in [1.54, 1.807) is 7.11 Å². The number of halogens is 1. The number of aryl methyl sites for hydroxylation is 1. The van der Waals surface area contributed by atoms with E-state index >= 15 is 0 Å². The van der Waals surface area contributed by atoms with Crippen LogP contribution < -0.4 is 10.1 Å². The number of hydrogen-bond donors (Lipinski definition) is 1. The summed E-state index contributed by atoms with van der Waals surface area (Å²) in [6.07, 6.45) is 0. The Balaban J connectivity index is 1.74. The predicted molar refractivity (Wildman–Crippen MR) is 113 cm³/mol. The van der Waals surface area contributed by atoms with Gasteiger partial charge in [-0.05, 0) is 55.3 Å². The van der Waals surface area contributed by atoms with Crippen molar-refractivity contribution >= 4 is 55.7 Å². The Labute approximate surface area is 165 Å². The zero-order valence-electron chi connectivity index (χ0n) is 15.1. The van der Waals surface area contributed by atoms with Gasteiger partial charge in [0, 0.05) is 16.5 Å². The van der Waals surface area contributed by atoms with Gasteiger partial charge in [0.25, 0.3) is 5.91 Å². The number of pyridine rings is 1. The summed E-state index contributed by atoms with van der Waals surface area (Å²) in [5.41, 5.74) is 3.70. The molecular weight excluding hydrogens is 380 g/mol. The average molecular weight is 397 g/mol. The summed E-state index contributed by atoms with van der Waals surface area (Å²) in [5, 5.41) is 5.30. The number of thiophene rings is 1. The van der Waals surface area contributed by atoms with Gasteiger partial charge < -0.3 is 10.1 Å². The highest BCUT2D eigenvalue weighted by atomic mass is 35.5. The Morgan fingerprint density at radius 2 is 1.96 bits per heavy atom. The summed E-state index contributed by atoms with van der Waals surface area (Å²) in [7, 11) is 1.58. The van der Waals surface area contributed by atoms with E-state index in [1.807, 2.05) is 56.3 Å². The number of rotatable bonds is 3. The lowest BCUT2D eigenvalue weighted by Gasteiger charge is -2.09. The number of amides is 1. The highest BCUT2D eigenvalue weighted by molar-refractivity contribution is 7.20. The molecule has 0 saturated heterocycles. The minimum absolute atomic E-state index is 0.139. The molecule has 2 aromatic heterocycles. The lowest BCUT2D eigenvalue weighted by Crippen LogP contribution is -2.11. The van der Waals surface area contributed by atoms with Gasteiger partial charge in [0.2, 0.25) is 0 Å². The number of hydrogen-bond acceptors (Lipinski definition) is 4. The second kappa shape index (κ2) is 6.83. The van der Waals surface area contributed by atoms with Crippen molar-refractivity contribution < 1.29 is 9.53 Å². The van der Waals surface area contributed by atoms with E-state index in [4.69, 9.17) is 16.3 Å². The van der Waals surface area contributed by atoms with Crippen molar-refractivity contribution in [1.29, 1.82) is 0 Å². The van der Waals surface area contributed by atoms with Gasteiger partial charge in [-0.25, -0.2) is 4.98 Å². The SMILES string of the molecule is COc1ccc2cc3cc(C(=O)Nc4cccc(C)c4C)sc3nc2c1Cl. The largest absolute Gasteiger partial charge is 0.495 e. The van der Waals surface area contributed by atoms with E-state index < -0.39 is 0 Å². The number of anilines is 1. The van der Waals surface area contributed by atoms with Crippen molar-refractivity contribution in [3.8, 4) is 5.75 Å². The van der Waals surface area contributed by atoms with Gasteiger partial charge in [0.05, 0.1) is 17.5 Å². The number of fused-ring (bicyclic) bond motifs is 2. The van der Waals surface area contributed by atoms with Crippen LogP contribution in [0.1, 0.15) is 20.8 Å². The Morgan fingerprint density at radius 1 is 1.15 bits per heavy atom. The summed E-state index contributed by atoms with van der Waals surface area (Å²) < 4.78 is 5.26. The summed E-state index contributed by atoms with van der Waals surface area (Å²) in [5.74, 6) is 0.444. The maximum atomic E-state index is 12.7. The molecule has 2 heterocycles. The van der Waals surface area contributed by atoms with E-state index in [9.17, 15) is 4.79 Å². The molecule has 0 atom stereocenters. The zero-order valence-corrected chi connectivity index (χ0v) is 16.7. The molecule has 0 bridgehead atoms. The summed E-state index contributed by atoms with van der Waals surface area (Å²) in [4.78, 5) is 18.8. The molecule has 0 aliphatic heterocycles. The normalized spacial score (nSPS) is 11.1. The fourth-order valence-electron chi connectivity index (χ4n) is 2.99. The van der Waals surface area contributed by atoms with Gasteiger partial charge in [-0.2, -0.15) is 0 Å². The highest BCUT2D eigenvalue weighted by Crippen LogP contribution is 2.35. The first kappa shape index (κ1) is 17.8. The number of carbonyl (C=O) groups is 1. The maximum absolute atomic E-state index is 12.7. The number of methoxy groups -OCH3 is 1. The van der Waals surface area contributed by atoms with E-state index in [1.165, 1.54) is 11.3 Å². The van der Waals surface area contributed by atoms with Crippen LogP contribution in [0.5, 0.6) is 5.75 Å². The molecule has 4 aromatic rings. The number of carbonyl (C=O) groups excluding carboxylic acids is 1. The van der Waals surface area contributed by atoms with Gasteiger partial charge in [0.1, 0.15) is 15.6 Å². The second-order valence-electron chi connectivity index (χ2n) is 6.35. The minimum atomic E-state index is -0.139. The molecule has 0 unspecified atom stereocenters. The van der Waals surface area contributed by atoms with Crippen LogP contribution in [0.2, 0.25) is 5.02 Å². The van der Waals surface area contributed by atoms with Gasteiger partial charge in [-0.1, -0.05) is 23.7 Å². The number of ether oxygens (including phenoxy) is 1. The van der Waals surface area contributed by atoms with E-state index in [-0.39, 0.29) is 5.91 Å². The van der Waals surface area contributed by atoms with Crippen LogP contribution in [-0.2, 0) is 0 Å². The topological polar surface area (TPSA) is 51.2 Å². The molecule has 0 aliphatic carbocycles. The molecule has 136 valence electrons. The van der Waals surface area contributed by atoms with Crippen molar-refractivity contribution in [3.05, 3.63) is 63.5 Å². The molecule has 4 rings (SSSR count). The van der Waals surface area contributed by atoms with Crippen LogP contribution in [-0.4, -0.2) is 18.0 Å². The molecule has 0 spiro atoms. The third kappa shape index (κ3) is 3.13. The highest BCUT2D eigenvalue weighted by Gasteiger charge is 2.15. The molecule has 0 aliphatic rings. The standard InChI is InChI=1S/C21H17ClN2O2S/c1-11-5-4-6-15(12(11)2)23-20(25)17-10-14-9-13-7-8-16(26-3)18(22)19(13)24-21(14)27-17/h4-10H,1-3H3,(H,23,25). The molecule has 0 saturated carbocycles. The van der Waals surface area contributed by atoms with Gasteiger partial charge in [0.15, 0.2) is 0 Å². The Hall–Kier alpha value is -2.63. The van der Waals surface area contributed by atoms with Crippen molar-refractivity contribution in [2.75, 3.05) is 12.4 Å². The molecule has 1 amide bonds. The Morgan fingerprint density at radius 3 is 2.74 bits per heavy atom. The van der Waals surface area contributed by atoms with Gasteiger partial charge >= 0.3 is 0 Å². The Kier molecular flexibility index (Phi) is 4.50. The third-order valence-corrected chi connectivity index (χ3v) is 6.08. The molecule has 1 N–H and O–H groups in total. The third-order valence-electron chi connectivity index (χ3n) is 4.67. The molecule has 0 radical (unpaired) electrons. The summed E-state index contributed by atoms with van der Waals surface area (Å²) in [6, 6.07) is 13.5. The maximum Gasteiger partial charge on any atom is 0.265 e. The lowest BCUT2D eigenvalue weighted by atomic mass is 10.1. The van der Waals surface area contributed by atoms with Crippen LogP contribution in [0.3, 0.4) is 0 Å². The molecular formula is C21H17ClN2O2S. The van der Waals surface area contributed by atoms with Gasteiger partial charge in [-0.15, -0.1) is 11.3 Å². The predicted octanol–water partition coefficient (Wildman–Crippen LogP) is 5.98. The van der Waals surface area contributed by atoms with E-state index in [0.717, 1.165) is 32.4 Å². The second-order valence-corrected chi connectivity index (χ2v) is 7.76. The molecule has 0 fully saturated rings. The lowest BCUT2D eigenvalue weighted by molar-refractivity contribution is 0.103. The number of nitrogens with zero attached hydrogens (tertiary/aromatic N) is 1. The Bertz CT molecular complexity index is 1200. The summed E-state index contributed by atoms with van der Waals surface area (Å²) >= 11 is 7.74. The van der Waals surface area contributed by atoms with E-state index in [0.29, 0.717) is 21.2 Å². The first-order valence-corrected chi connectivity index (χ1v) is 9.61. The molecule has 2 aromatic carbocycles. The fourth-order valence-corrected chi connectivity index (χ4v) is 4.19. The number of benzene rings is 2. The van der Waals surface area contributed by atoms with E-state index in [2.05, 4.69) is 10.3 Å². The van der Waals surface area contributed by atoms with Crippen LogP contribution in [0.15, 0.2) is 42.5 Å². The first-order chi connectivity index (χ1) is 13.0. The number of nitrogens with one attached hydrogen (secondary N) is 1. The molecule has 6 heteroatoms. The van der Waals surface area contributed by atoms with Crippen LogP contribution in [0, 0.1) is 13.8 Å². The van der Waals surface area contributed by atoms with Crippen LogP contribution in [0.4, 0.5) is 5.69 Å². The van der Waals surface area contributed by atoms with Crippen LogP contribution >= 0.6 is 22.9 Å². The smallest absolute Gasteiger partial charge is 0.265 e. The minimum Gasteiger partial charge on any atom is -0.495 e.